The van der Waals surface area contributed by atoms with Gasteiger partial charge in [-0.05, 0) is 36.8 Å². The highest BCUT2D eigenvalue weighted by atomic mass is 35.5. The zero-order valence-electron chi connectivity index (χ0n) is 14.1. The van der Waals surface area contributed by atoms with Crippen molar-refractivity contribution in [3.05, 3.63) is 63.8 Å². The van der Waals surface area contributed by atoms with Gasteiger partial charge in [0.05, 0.1) is 22.5 Å². The van der Waals surface area contributed by atoms with Crippen LogP contribution in [0.4, 0.5) is 10.5 Å². The molecule has 0 saturated heterocycles. The molecule has 3 rings (SSSR count). The first kappa shape index (κ1) is 18.8. The first-order chi connectivity index (χ1) is 13.0. The van der Waals surface area contributed by atoms with E-state index < -0.39 is 6.09 Å². The molecule has 0 aliphatic rings. The molecular weight excluding hydrogens is 389 g/mol. The van der Waals surface area contributed by atoms with Crippen molar-refractivity contribution in [2.75, 3.05) is 5.32 Å². The molecule has 1 heterocycles. The van der Waals surface area contributed by atoms with Crippen LogP contribution >= 0.6 is 23.2 Å². The third-order valence-electron chi connectivity index (χ3n) is 3.71. The summed E-state index contributed by atoms with van der Waals surface area (Å²) in [5.41, 5.74) is 1.91. The number of amides is 1. The molecular formula is C19H13Cl2N3O3. The van der Waals surface area contributed by atoms with E-state index in [0.29, 0.717) is 38.5 Å². The predicted octanol–water partition coefficient (Wildman–Crippen LogP) is 5.63. The van der Waals surface area contributed by atoms with Gasteiger partial charge in [-0.25, -0.2) is 4.79 Å². The lowest BCUT2D eigenvalue weighted by atomic mass is 10.1. The summed E-state index contributed by atoms with van der Waals surface area (Å²) in [5, 5.41) is 16.0. The number of anilines is 1. The number of hydrogen-bond acceptors (Lipinski definition) is 5. The highest BCUT2D eigenvalue weighted by molar-refractivity contribution is 6.39. The molecule has 1 amide bonds. The Morgan fingerprint density at radius 3 is 2.52 bits per heavy atom. The Labute approximate surface area is 165 Å². The quantitative estimate of drug-likeness (QED) is 0.611. The zero-order chi connectivity index (χ0) is 19.4. The fourth-order valence-electron chi connectivity index (χ4n) is 2.42. The zero-order valence-corrected chi connectivity index (χ0v) is 15.6. The topological polar surface area (TPSA) is 88.2 Å². The lowest BCUT2D eigenvalue weighted by Crippen LogP contribution is -2.17. The second kappa shape index (κ2) is 8.12. The summed E-state index contributed by atoms with van der Waals surface area (Å²) in [7, 11) is 0. The van der Waals surface area contributed by atoms with Crippen LogP contribution in [0.15, 0.2) is 47.0 Å². The van der Waals surface area contributed by atoms with Gasteiger partial charge in [-0.15, -0.1) is 0 Å². The number of halogens is 2. The number of nitrogens with one attached hydrogen (secondary N) is 1. The average molecular weight is 402 g/mol. The van der Waals surface area contributed by atoms with Crippen molar-refractivity contribution >= 4 is 35.0 Å². The Morgan fingerprint density at radius 2 is 1.89 bits per heavy atom. The second-order valence-corrected chi connectivity index (χ2v) is 6.37. The van der Waals surface area contributed by atoms with Gasteiger partial charge in [0.2, 0.25) is 0 Å². The van der Waals surface area contributed by atoms with Crippen LogP contribution in [0, 0.1) is 18.3 Å². The van der Waals surface area contributed by atoms with E-state index in [9.17, 15) is 4.79 Å². The first-order valence-electron chi connectivity index (χ1n) is 7.85. The van der Waals surface area contributed by atoms with Crippen molar-refractivity contribution in [3.63, 3.8) is 0 Å². The minimum Gasteiger partial charge on any atom is -0.410 e. The summed E-state index contributed by atoms with van der Waals surface area (Å²) in [4.78, 5) is 12.3. The number of nitrogens with zero attached hydrogens (tertiary/aromatic N) is 2. The Balaban J connectivity index is 1.81. The normalized spacial score (nSPS) is 10.3. The SMILES string of the molecule is Cc1onc(-c2c(Cl)cccc2Cl)c1NC(=O)Oc1ccc(CC#N)cc1. The standard InChI is InChI=1S/C19H13Cl2N3O3/c1-11-17(18(24-27-11)16-14(20)3-2-4-15(16)21)23-19(25)26-13-7-5-12(6-8-13)9-10-22/h2-8H,9H2,1H3,(H,23,25). The van der Waals surface area contributed by atoms with Crippen LogP contribution in [0.3, 0.4) is 0 Å². The van der Waals surface area contributed by atoms with E-state index in [-0.39, 0.29) is 6.42 Å². The lowest BCUT2D eigenvalue weighted by Gasteiger charge is -2.09. The molecule has 0 aliphatic heterocycles. The number of benzene rings is 2. The van der Waals surface area contributed by atoms with Crippen molar-refractivity contribution in [1.29, 1.82) is 5.26 Å². The smallest absolute Gasteiger partial charge is 0.410 e. The van der Waals surface area contributed by atoms with Crippen LogP contribution < -0.4 is 10.1 Å². The Morgan fingerprint density at radius 1 is 1.22 bits per heavy atom. The molecule has 6 nitrogen and oxygen atoms in total. The van der Waals surface area contributed by atoms with Gasteiger partial charge in [-0.2, -0.15) is 5.26 Å². The van der Waals surface area contributed by atoms with Gasteiger partial charge in [-0.1, -0.05) is 46.6 Å². The van der Waals surface area contributed by atoms with E-state index in [1.165, 1.54) is 0 Å². The summed E-state index contributed by atoms with van der Waals surface area (Å²) in [5.74, 6) is 0.711. The van der Waals surface area contributed by atoms with Gasteiger partial charge in [-0.3, -0.25) is 5.32 Å². The van der Waals surface area contributed by atoms with Gasteiger partial charge in [0.15, 0.2) is 5.76 Å². The molecule has 0 bridgehead atoms. The average Bonchev–Trinajstić information content (AvgIpc) is 2.97. The summed E-state index contributed by atoms with van der Waals surface area (Å²) in [6.07, 6.45) is -0.437. The van der Waals surface area contributed by atoms with Crippen molar-refractivity contribution in [3.8, 4) is 23.1 Å². The van der Waals surface area contributed by atoms with Crippen molar-refractivity contribution in [1.82, 2.24) is 5.16 Å². The minimum atomic E-state index is -0.723. The van der Waals surface area contributed by atoms with Crippen LogP contribution in [-0.2, 0) is 6.42 Å². The van der Waals surface area contributed by atoms with Crippen LogP contribution in [0.2, 0.25) is 10.0 Å². The van der Waals surface area contributed by atoms with E-state index in [0.717, 1.165) is 5.56 Å². The summed E-state index contributed by atoms with van der Waals surface area (Å²) in [6, 6.07) is 13.7. The van der Waals surface area contributed by atoms with Gasteiger partial charge < -0.3 is 9.26 Å². The van der Waals surface area contributed by atoms with Gasteiger partial charge >= 0.3 is 6.09 Å². The highest BCUT2D eigenvalue weighted by Gasteiger charge is 2.22. The number of aromatic nitrogens is 1. The molecule has 1 N–H and O–H groups in total. The molecule has 0 aliphatic carbocycles. The fourth-order valence-corrected chi connectivity index (χ4v) is 2.99. The molecule has 0 fully saturated rings. The van der Waals surface area contributed by atoms with Crippen LogP contribution in [0.5, 0.6) is 5.75 Å². The largest absolute Gasteiger partial charge is 0.417 e. The van der Waals surface area contributed by atoms with Crippen LogP contribution in [0.25, 0.3) is 11.3 Å². The van der Waals surface area contributed by atoms with E-state index in [1.807, 2.05) is 0 Å². The molecule has 8 heteroatoms. The molecule has 2 aromatic carbocycles. The summed E-state index contributed by atoms with van der Waals surface area (Å²) >= 11 is 12.4. The molecule has 3 aromatic rings. The molecule has 27 heavy (non-hydrogen) atoms. The highest BCUT2D eigenvalue weighted by Crippen LogP contribution is 2.39. The third-order valence-corrected chi connectivity index (χ3v) is 4.34. The second-order valence-electron chi connectivity index (χ2n) is 5.55. The number of nitriles is 1. The van der Waals surface area contributed by atoms with Crippen molar-refractivity contribution in [2.45, 2.75) is 13.3 Å². The Hall–Kier alpha value is -3.01. The van der Waals surface area contributed by atoms with Crippen molar-refractivity contribution in [2.24, 2.45) is 0 Å². The summed E-state index contributed by atoms with van der Waals surface area (Å²) in [6.45, 7) is 1.65. The van der Waals surface area contributed by atoms with Gasteiger partial charge in [0, 0.05) is 5.56 Å². The molecule has 0 radical (unpaired) electrons. The van der Waals surface area contributed by atoms with Gasteiger partial charge in [0.1, 0.15) is 17.1 Å². The maximum atomic E-state index is 12.3. The number of aryl methyl sites for hydroxylation is 1. The van der Waals surface area contributed by atoms with Crippen LogP contribution in [-0.4, -0.2) is 11.2 Å². The number of ether oxygens (including phenoxy) is 1. The van der Waals surface area contributed by atoms with E-state index >= 15 is 0 Å². The molecule has 136 valence electrons. The molecule has 1 aromatic heterocycles. The van der Waals surface area contributed by atoms with E-state index in [2.05, 4.69) is 16.5 Å². The Bertz CT molecular complexity index is 1000. The minimum absolute atomic E-state index is 0.286. The number of carbonyl (C=O) groups excluding carboxylic acids is 1. The van der Waals surface area contributed by atoms with Gasteiger partial charge in [0.25, 0.3) is 0 Å². The fraction of sp³-hybridized carbons (Fsp3) is 0.105. The van der Waals surface area contributed by atoms with Crippen LogP contribution in [0.1, 0.15) is 11.3 Å². The predicted molar refractivity (Wildman–Crippen MR) is 102 cm³/mol. The monoisotopic (exact) mass is 401 g/mol. The number of carbonyl (C=O) groups is 1. The number of hydrogen-bond donors (Lipinski definition) is 1. The number of rotatable bonds is 4. The molecule has 0 unspecified atom stereocenters. The molecule has 0 spiro atoms. The maximum Gasteiger partial charge on any atom is 0.417 e. The van der Waals surface area contributed by atoms with E-state index in [1.54, 1.807) is 49.4 Å². The molecule has 0 saturated carbocycles. The first-order valence-corrected chi connectivity index (χ1v) is 8.60. The molecule has 0 atom stereocenters. The lowest BCUT2D eigenvalue weighted by molar-refractivity contribution is 0.215. The van der Waals surface area contributed by atoms with E-state index in [4.69, 9.17) is 37.7 Å². The third kappa shape index (κ3) is 4.22. The van der Waals surface area contributed by atoms with Crippen molar-refractivity contribution < 1.29 is 14.1 Å². The summed E-state index contributed by atoms with van der Waals surface area (Å²) < 4.78 is 10.4. The maximum absolute atomic E-state index is 12.3. The Kier molecular flexibility index (Phi) is 5.65.